The Morgan fingerprint density at radius 1 is 1.25 bits per heavy atom. The Morgan fingerprint density at radius 3 is 2.55 bits per heavy atom. The van der Waals surface area contributed by atoms with Gasteiger partial charge in [0.25, 0.3) is 0 Å². The van der Waals surface area contributed by atoms with E-state index in [0.29, 0.717) is 18.6 Å². The van der Waals surface area contributed by atoms with Crippen LogP contribution < -0.4 is 11.1 Å². The molecule has 1 amide bonds. The largest absolute Gasteiger partial charge is 0.365 e. The van der Waals surface area contributed by atoms with Crippen molar-refractivity contribution in [3.05, 3.63) is 0 Å². The molecule has 3 unspecified atom stereocenters. The lowest BCUT2D eigenvalue weighted by Gasteiger charge is -2.25. The molecule has 0 bridgehead atoms. The van der Waals surface area contributed by atoms with Gasteiger partial charge in [0, 0.05) is 6.04 Å². The third-order valence-electron chi connectivity index (χ3n) is 4.61. The van der Waals surface area contributed by atoms with E-state index in [0.717, 1.165) is 32.1 Å². The number of hydrogen-bond donors (Lipinski definition) is 2. The second kappa shape index (κ2) is 8.85. The smallest absolute Gasteiger partial charge is 0.249 e. The summed E-state index contributed by atoms with van der Waals surface area (Å²) < 4.78 is 5.96. The fourth-order valence-electron chi connectivity index (χ4n) is 3.38. The molecule has 0 aromatic carbocycles. The number of nitrogens with one attached hydrogen (secondary N) is 1. The molecule has 2 aliphatic carbocycles. The van der Waals surface area contributed by atoms with Crippen LogP contribution in [0.25, 0.3) is 0 Å². The van der Waals surface area contributed by atoms with E-state index in [1.54, 1.807) is 0 Å². The van der Waals surface area contributed by atoms with Crippen molar-refractivity contribution in [2.75, 3.05) is 6.54 Å². The minimum absolute atomic E-state index is 0. The molecular weight excluding hydrogens is 276 g/mol. The quantitative estimate of drug-likeness (QED) is 0.792. The number of rotatable bonds is 6. The molecule has 2 rings (SSSR count). The van der Waals surface area contributed by atoms with Gasteiger partial charge in [-0.15, -0.1) is 12.4 Å². The molecule has 0 aliphatic heterocycles. The SMILES string of the molecule is CCC(OC1CCCC1)C(=O)NC1CCCC1CN.Cl. The van der Waals surface area contributed by atoms with E-state index in [2.05, 4.69) is 5.32 Å². The molecule has 0 heterocycles. The molecule has 0 aromatic rings. The minimum atomic E-state index is -0.276. The lowest BCUT2D eigenvalue weighted by molar-refractivity contribution is -0.137. The first-order valence-corrected chi connectivity index (χ1v) is 7.90. The Kier molecular flexibility index (Phi) is 7.85. The van der Waals surface area contributed by atoms with Gasteiger partial charge >= 0.3 is 0 Å². The predicted molar refractivity (Wildman–Crippen MR) is 83.0 cm³/mol. The van der Waals surface area contributed by atoms with Gasteiger partial charge in [0.2, 0.25) is 5.91 Å². The lowest BCUT2D eigenvalue weighted by atomic mass is 10.0. The van der Waals surface area contributed by atoms with E-state index in [9.17, 15) is 4.79 Å². The summed E-state index contributed by atoms with van der Waals surface area (Å²) in [7, 11) is 0. The van der Waals surface area contributed by atoms with Crippen LogP contribution in [0.2, 0.25) is 0 Å². The van der Waals surface area contributed by atoms with Crippen LogP contribution in [0.15, 0.2) is 0 Å². The van der Waals surface area contributed by atoms with Gasteiger partial charge in [-0.25, -0.2) is 0 Å². The molecule has 118 valence electrons. The monoisotopic (exact) mass is 304 g/mol. The third kappa shape index (κ3) is 4.61. The van der Waals surface area contributed by atoms with Crippen molar-refractivity contribution < 1.29 is 9.53 Å². The number of hydrogen-bond acceptors (Lipinski definition) is 3. The van der Waals surface area contributed by atoms with E-state index >= 15 is 0 Å². The average molecular weight is 305 g/mol. The van der Waals surface area contributed by atoms with E-state index in [-0.39, 0.29) is 30.5 Å². The predicted octanol–water partition coefficient (Wildman–Crippen LogP) is 2.39. The summed E-state index contributed by atoms with van der Waals surface area (Å²) in [4.78, 5) is 12.3. The normalized spacial score (nSPS) is 28.1. The fourth-order valence-corrected chi connectivity index (χ4v) is 3.38. The average Bonchev–Trinajstić information content (AvgIpc) is 3.06. The standard InChI is InChI=1S/C15H28N2O2.ClH/c1-2-14(19-12-7-3-4-8-12)15(18)17-13-9-5-6-11(13)10-16;/h11-14H,2-10,16H2,1H3,(H,17,18);1H. The van der Waals surface area contributed by atoms with E-state index in [1.807, 2.05) is 6.92 Å². The highest BCUT2D eigenvalue weighted by molar-refractivity contribution is 5.85. The summed E-state index contributed by atoms with van der Waals surface area (Å²) >= 11 is 0. The molecule has 3 N–H and O–H groups in total. The highest BCUT2D eigenvalue weighted by atomic mass is 35.5. The molecule has 5 heteroatoms. The van der Waals surface area contributed by atoms with Crippen molar-refractivity contribution in [1.29, 1.82) is 0 Å². The third-order valence-corrected chi connectivity index (χ3v) is 4.61. The topological polar surface area (TPSA) is 64.3 Å². The molecule has 0 spiro atoms. The Balaban J connectivity index is 0.00000200. The van der Waals surface area contributed by atoms with Crippen LogP contribution in [-0.2, 0) is 9.53 Å². The van der Waals surface area contributed by atoms with E-state index in [1.165, 1.54) is 19.3 Å². The molecule has 0 radical (unpaired) electrons. The van der Waals surface area contributed by atoms with Gasteiger partial charge in [0.05, 0.1) is 6.10 Å². The minimum Gasteiger partial charge on any atom is -0.365 e. The van der Waals surface area contributed by atoms with Crippen molar-refractivity contribution in [2.24, 2.45) is 11.7 Å². The summed E-state index contributed by atoms with van der Waals surface area (Å²) in [6.07, 6.45) is 8.84. The molecule has 0 saturated heterocycles. The zero-order chi connectivity index (χ0) is 13.7. The zero-order valence-corrected chi connectivity index (χ0v) is 13.3. The Labute approximate surface area is 128 Å². The Bertz CT molecular complexity index is 296. The maximum absolute atomic E-state index is 12.3. The summed E-state index contributed by atoms with van der Waals surface area (Å²) in [5.74, 6) is 0.521. The molecular formula is C15H29ClN2O2. The van der Waals surface area contributed by atoms with E-state index < -0.39 is 0 Å². The van der Waals surface area contributed by atoms with Crippen molar-refractivity contribution in [3.63, 3.8) is 0 Å². The first kappa shape index (κ1) is 17.7. The molecule has 0 aromatic heterocycles. The second-order valence-electron chi connectivity index (χ2n) is 5.98. The Morgan fingerprint density at radius 2 is 1.95 bits per heavy atom. The number of carbonyl (C=O) groups excluding carboxylic acids is 1. The maximum atomic E-state index is 12.3. The summed E-state index contributed by atoms with van der Waals surface area (Å²) in [5.41, 5.74) is 5.76. The fraction of sp³-hybridized carbons (Fsp3) is 0.933. The first-order chi connectivity index (χ1) is 9.24. The van der Waals surface area contributed by atoms with Crippen LogP contribution in [0.1, 0.15) is 58.3 Å². The number of amides is 1. The lowest BCUT2D eigenvalue weighted by Crippen LogP contribution is -2.46. The van der Waals surface area contributed by atoms with Crippen LogP contribution >= 0.6 is 12.4 Å². The highest BCUT2D eigenvalue weighted by Crippen LogP contribution is 2.26. The van der Waals surface area contributed by atoms with Gasteiger partial charge in [0.15, 0.2) is 0 Å². The van der Waals surface area contributed by atoms with E-state index in [4.69, 9.17) is 10.5 Å². The van der Waals surface area contributed by atoms with Gasteiger partial charge in [-0.2, -0.15) is 0 Å². The molecule has 3 atom stereocenters. The van der Waals surface area contributed by atoms with Crippen LogP contribution in [0.5, 0.6) is 0 Å². The molecule has 2 saturated carbocycles. The number of carbonyl (C=O) groups is 1. The Hall–Kier alpha value is -0.320. The van der Waals surface area contributed by atoms with Crippen molar-refractivity contribution in [2.45, 2.75) is 76.5 Å². The number of halogens is 1. The van der Waals surface area contributed by atoms with Crippen molar-refractivity contribution in [3.8, 4) is 0 Å². The molecule has 2 aliphatic rings. The van der Waals surface area contributed by atoms with Crippen LogP contribution in [-0.4, -0.2) is 30.7 Å². The maximum Gasteiger partial charge on any atom is 0.249 e. The highest BCUT2D eigenvalue weighted by Gasteiger charge is 2.30. The number of ether oxygens (including phenoxy) is 1. The molecule has 20 heavy (non-hydrogen) atoms. The van der Waals surface area contributed by atoms with Crippen LogP contribution in [0.4, 0.5) is 0 Å². The summed E-state index contributed by atoms with van der Waals surface area (Å²) in [6, 6.07) is 0.263. The van der Waals surface area contributed by atoms with Gasteiger partial charge in [-0.05, 0) is 44.6 Å². The van der Waals surface area contributed by atoms with Crippen LogP contribution in [0.3, 0.4) is 0 Å². The second-order valence-corrected chi connectivity index (χ2v) is 5.98. The zero-order valence-electron chi connectivity index (χ0n) is 12.5. The summed E-state index contributed by atoms with van der Waals surface area (Å²) in [5, 5.41) is 3.16. The molecule has 2 fully saturated rings. The van der Waals surface area contributed by atoms with Crippen molar-refractivity contribution >= 4 is 18.3 Å². The summed E-state index contributed by atoms with van der Waals surface area (Å²) in [6.45, 7) is 2.69. The number of nitrogens with two attached hydrogens (primary N) is 1. The van der Waals surface area contributed by atoms with Gasteiger partial charge < -0.3 is 15.8 Å². The first-order valence-electron chi connectivity index (χ1n) is 7.90. The van der Waals surface area contributed by atoms with Gasteiger partial charge in [0.1, 0.15) is 6.10 Å². The molecule has 4 nitrogen and oxygen atoms in total. The van der Waals surface area contributed by atoms with Crippen molar-refractivity contribution in [1.82, 2.24) is 5.32 Å². The van der Waals surface area contributed by atoms with Crippen LogP contribution in [0, 0.1) is 5.92 Å². The van der Waals surface area contributed by atoms with Gasteiger partial charge in [-0.1, -0.05) is 26.2 Å². The van der Waals surface area contributed by atoms with Gasteiger partial charge in [-0.3, -0.25) is 4.79 Å².